The van der Waals surface area contributed by atoms with Crippen LogP contribution in [0.4, 0.5) is 4.39 Å². The van der Waals surface area contributed by atoms with Gasteiger partial charge in [-0.25, -0.2) is 9.18 Å². The molecule has 1 saturated carbocycles. The molecule has 2 aromatic carbocycles. The van der Waals surface area contributed by atoms with E-state index in [4.69, 9.17) is 32.7 Å². The van der Waals surface area contributed by atoms with Gasteiger partial charge in [0.1, 0.15) is 17.7 Å². The molecule has 2 atom stereocenters. The minimum absolute atomic E-state index is 0.0646. The Hall–Kier alpha value is -1.86. The van der Waals surface area contributed by atoms with Crippen molar-refractivity contribution < 1.29 is 23.8 Å². The Kier molecular flexibility index (Phi) is 7.25. The molecule has 2 fully saturated rings. The lowest BCUT2D eigenvalue weighted by atomic mass is 10.0. The largest absolute Gasteiger partial charge is 0.489 e. The molecule has 8 heteroatoms. The molecular formula is C24H26Cl2FNO4. The molecule has 1 aliphatic carbocycles. The molecule has 32 heavy (non-hydrogen) atoms. The third-order valence-electron chi connectivity index (χ3n) is 6.11. The summed E-state index contributed by atoms with van der Waals surface area (Å²) in [4.78, 5) is 14.1. The molecule has 0 radical (unpaired) electrons. The molecule has 1 heterocycles. The van der Waals surface area contributed by atoms with Crippen molar-refractivity contribution >= 4 is 29.2 Å². The van der Waals surface area contributed by atoms with Crippen molar-refractivity contribution in [2.24, 2.45) is 0 Å². The monoisotopic (exact) mass is 481 g/mol. The Labute approximate surface area is 197 Å². The molecule has 0 aromatic heterocycles. The molecule has 5 nitrogen and oxygen atoms in total. The van der Waals surface area contributed by atoms with Crippen molar-refractivity contribution in [3.05, 3.63) is 62.9 Å². The molecule has 1 saturated heterocycles. The van der Waals surface area contributed by atoms with Gasteiger partial charge in [0.25, 0.3) is 0 Å². The highest BCUT2D eigenvalue weighted by atomic mass is 35.5. The van der Waals surface area contributed by atoms with Crippen LogP contribution in [0, 0.1) is 5.82 Å². The zero-order chi connectivity index (χ0) is 22.8. The average Bonchev–Trinajstić information content (AvgIpc) is 3.59. The van der Waals surface area contributed by atoms with E-state index in [0.717, 1.165) is 43.4 Å². The third kappa shape index (κ3) is 5.20. The fraction of sp³-hybridized carbons (Fsp3) is 0.458. The summed E-state index contributed by atoms with van der Waals surface area (Å²) >= 11 is 12.3. The molecule has 0 unspecified atom stereocenters. The Morgan fingerprint density at radius 1 is 1.19 bits per heavy atom. The zero-order valence-electron chi connectivity index (χ0n) is 17.8. The number of halogens is 3. The van der Waals surface area contributed by atoms with Gasteiger partial charge in [-0.2, -0.15) is 0 Å². The number of aliphatic hydroxyl groups excluding tert-OH is 1. The molecule has 1 N–H and O–H groups in total. The summed E-state index contributed by atoms with van der Waals surface area (Å²) < 4.78 is 25.6. The number of esters is 1. The lowest BCUT2D eigenvalue weighted by Gasteiger charge is -2.38. The highest BCUT2D eigenvalue weighted by Gasteiger charge is 2.32. The lowest BCUT2D eigenvalue weighted by Crippen LogP contribution is -2.44. The summed E-state index contributed by atoms with van der Waals surface area (Å²) in [6, 6.07) is 7.89. The Morgan fingerprint density at radius 2 is 1.91 bits per heavy atom. The minimum Gasteiger partial charge on any atom is -0.489 e. The zero-order valence-corrected chi connectivity index (χ0v) is 19.3. The molecule has 172 valence electrons. The molecule has 2 aliphatic rings. The first-order valence-electron chi connectivity index (χ1n) is 10.8. The molecule has 0 bridgehead atoms. The predicted octanol–water partition coefficient (Wildman–Crippen LogP) is 5.37. The van der Waals surface area contributed by atoms with Crippen molar-refractivity contribution in [2.75, 3.05) is 26.8 Å². The van der Waals surface area contributed by atoms with E-state index in [0.29, 0.717) is 22.3 Å². The number of benzene rings is 2. The van der Waals surface area contributed by atoms with Gasteiger partial charge in [-0.15, -0.1) is 0 Å². The Balaban J connectivity index is 1.54. The van der Waals surface area contributed by atoms with Gasteiger partial charge < -0.3 is 14.6 Å². The average molecular weight is 482 g/mol. The van der Waals surface area contributed by atoms with Crippen molar-refractivity contribution in [2.45, 2.75) is 43.7 Å². The van der Waals surface area contributed by atoms with Crippen LogP contribution in [0.15, 0.2) is 30.3 Å². The fourth-order valence-electron chi connectivity index (χ4n) is 4.38. The van der Waals surface area contributed by atoms with Crippen molar-refractivity contribution in [1.82, 2.24) is 4.90 Å². The smallest absolute Gasteiger partial charge is 0.340 e. The van der Waals surface area contributed by atoms with Crippen LogP contribution >= 0.6 is 23.2 Å². The van der Waals surface area contributed by atoms with Crippen LogP contribution in [0.1, 0.15) is 59.1 Å². The normalized spacial score (nSPS) is 20.1. The lowest BCUT2D eigenvalue weighted by molar-refractivity contribution is 0.0393. The van der Waals surface area contributed by atoms with Gasteiger partial charge in [0, 0.05) is 22.7 Å². The SMILES string of the molecule is COC(=O)c1cc(C2CC2)c(O[C@@H]2CCCN([C@H](CO)c3cc(Cl)cc(Cl)c3)C2)cc1F. The maximum Gasteiger partial charge on any atom is 0.340 e. The standard InChI is InChI=1S/C24H26Cl2FNO4/c1-31-24(30)20-10-19(14-4-5-14)23(11-21(20)27)32-18-3-2-6-28(12-18)22(13-29)15-7-16(25)9-17(26)8-15/h7-11,14,18,22,29H,2-6,12-13H2,1H3/t18-,22-/m1/s1. The van der Waals surface area contributed by atoms with Crippen LogP contribution in [0.5, 0.6) is 5.75 Å². The topological polar surface area (TPSA) is 59.0 Å². The second-order valence-electron chi connectivity index (χ2n) is 8.41. The number of carbonyl (C=O) groups excluding carboxylic acids is 1. The number of hydrogen-bond acceptors (Lipinski definition) is 5. The Bertz CT molecular complexity index is 978. The Morgan fingerprint density at radius 3 is 2.53 bits per heavy atom. The number of ether oxygens (including phenoxy) is 2. The highest BCUT2D eigenvalue weighted by Crippen LogP contribution is 2.45. The first kappa shape index (κ1) is 23.3. The highest BCUT2D eigenvalue weighted by molar-refractivity contribution is 6.34. The summed E-state index contributed by atoms with van der Waals surface area (Å²) in [5.74, 6) is -0.583. The first-order valence-corrected chi connectivity index (χ1v) is 11.5. The number of likely N-dealkylation sites (tertiary alicyclic amines) is 1. The summed E-state index contributed by atoms with van der Waals surface area (Å²) in [5.41, 5.74) is 1.63. The number of carbonyl (C=O) groups is 1. The van der Waals surface area contributed by atoms with Gasteiger partial charge in [0.05, 0.1) is 25.3 Å². The maximum absolute atomic E-state index is 14.6. The van der Waals surface area contributed by atoms with Gasteiger partial charge in [0.2, 0.25) is 0 Å². The number of hydrogen-bond donors (Lipinski definition) is 1. The van der Waals surface area contributed by atoms with E-state index in [1.54, 1.807) is 12.1 Å². The van der Waals surface area contributed by atoms with Crippen molar-refractivity contribution in [1.29, 1.82) is 0 Å². The molecule has 2 aromatic rings. The molecular weight excluding hydrogens is 456 g/mol. The minimum atomic E-state index is -0.689. The van der Waals surface area contributed by atoms with E-state index in [1.165, 1.54) is 13.2 Å². The van der Waals surface area contributed by atoms with E-state index >= 15 is 0 Å². The van der Waals surface area contributed by atoms with Gasteiger partial charge in [-0.1, -0.05) is 23.2 Å². The van der Waals surface area contributed by atoms with Gasteiger partial charge in [0.15, 0.2) is 0 Å². The quantitative estimate of drug-likeness (QED) is 0.538. The number of methoxy groups -OCH3 is 1. The van der Waals surface area contributed by atoms with Crippen molar-refractivity contribution in [3.8, 4) is 5.75 Å². The number of aliphatic hydroxyl groups is 1. The van der Waals surface area contributed by atoms with E-state index in [1.807, 2.05) is 12.1 Å². The second kappa shape index (κ2) is 9.96. The van der Waals surface area contributed by atoms with Gasteiger partial charge in [-0.3, -0.25) is 4.90 Å². The van der Waals surface area contributed by atoms with Crippen LogP contribution in [-0.2, 0) is 4.74 Å². The maximum atomic E-state index is 14.6. The third-order valence-corrected chi connectivity index (χ3v) is 6.54. The van der Waals surface area contributed by atoms with Crippen LogP contribution in [0.2, 0.25) is 10.0 Å². The summed E-state index contributed by atoms with van der Waals surface area (Å²) in [7, 11) is 1.24. The molecule has 0 amide bonds. The van der Waals surface area contributed by atoms with Gasteiger partial charge >= 0.3 is 5.97 Å². The fourth-order valence-corrected chi connectivity index (χ4v) is 4.92. The van der Waals surface area contributed by atoms with Crippen LogP contribution in [-0.4, -0.2) is 48.9 Å². The van der Waals surface area contributed by atoms with Crippen LogP contribution < -0.4 is 4.74 Å². The van der Waals surface area contributed by atoms with E-state index in [9.17, 15) is 14.3 Å². The number of nitrogens with zero attached hydrogens (tertiary/aromatic N) is 1. The van der Waals surface area contributed by atoms with E-state index in [2.05, 4.69) is 4.90 Å². The predicted molar refractivity (Wildman–Crippen MR) is 121 cm³/mol. The first-order chi connectivity index (χ1) is 15.4. The van der Waals surface area contributed by atoms with E-state index in [-0.39, 0.29) is 30.2 Å². The number of rotatable bonds is 7. The van der Waals surface area contributed by atoms with Gasteiger partial charge in [-0.05, 0) is 73.5 Å². The summed E-state index contributed by atoms with van der Waals surface area (Å²) in [6.45, 7) is 1.28. The molecule has 4 rings (SSSR count). The van der Waals surface area contributed by atoms with Crippen LogP contribution in [0.3, 0.4) is 0 Å². The van der Waals surface area contributed by atoms with E-state index < -0.39 is 11.8 Å². The molecule has 1 aliphatic heterocycles. The summed E-state index contributed by atoms with van der Waals surface area (Å²) in [6.07, 6.45) is 3.49. The summed E-state index contributed by atoms with van der Waals surface area (Å²) in [5, 5.41) is 11.1. The molecule has 0 spiro atoms. The van der Waals surface area contributed by atoms with Crippen molar-refractivity contribution in [3.63, 3.8) is 0 Å². The number of piperidine rings is 1. The van der Waals surface area contributed by atoms with Crippen LogP contribution in [0.25, 0.3) is 0 Å². The second-order valence-corrected chi connectivity index (χ2v) is 9.29.